The van der Waals surface area contributed by atoms with Gasteiger partial charge in [0.1, 0.15) is 11.5 Å². The summed E-state index contributed by atoms with van der Waals surface area (Å²) in [4.78, 5) is 24.1. The maximum Gasteiger partial charge on any atom is 0.332 e. The summed E-state index contributed by atoms with van der Waals surface area (Å²) in [5, 5.41) is 12.3. The summed E-state index contributed by atoms with van der Waals surface area (Å²) in [6.45, 7) is 2.34. The Balaban J connectivity index is 2.54. The number of rotatable bonds is 5. The smallest absolute Gasteiger partial charge is 0.332 e. The van der Waals surface area contributed by atoms with E-state index in [9.17, 15) is 14.7 Å². The molecule has 2 rings (SSSR count). The van der Waals surface area contributed by atoms with Crippen LogP contribution in [0.4, 0.5) is 11.5 Å². The van der Waals surface area contributed by atoms with E-state index in [4.69, 9.17) is 5.73 Å². The molecule has 1 aromatic rings. The number of nitrogens with one attached hydrogen (secondary N) is 1. The normalized spacial score (nSPS) is 16.4. The zero-order chi connectivity index (χ0) is 14.2. The first-order valence-corrected chi connectivity index (χ1v) is 6.44. The second kappa shape index (κ2) is 4.73. The van der Waals surface area contributed by atoms with Gasteiger partial charge in [-0.2, -0.15) is 0 Å². The van der Waals surface area contributed by atoms with Crippen LogP contribution in [0.15, 0.2) is 9.59 Å². The fraction of sp³-hybridized carbons (Fsp3) is 0.667. The Kier molecular flexibility index (Phi) is 3.40. The fourth-order valence-electron chi connectivity index (χ4n) is 2.08. The van der Waals surface area contributed by atoms with Crippen molar-refractivity contribution in [2.75, 3.05) is 17.7 Å². The van der Waals surface area contributed by atoms with Crippen molar-refractivity contribution in [1.82, 2.24) is 9.13 Å². The third kappa shape index (κ3) is 2.25. The average molecular weight is 268 g/mol. The van der Waals surface area contributed by atoms with Crippen LogP contribution in [0.5, 0.6) is 0 Å². The van der Waals surface area contributed by atoms with Crippen LogP contribution >= 0.6 is 0 Å². The zero-order valence-corrected chi connectivity index (χ0v) is 11.3. The lowest BCUT2D eigenvalue weighted by Gasteiger charge is -2.20. The van der Waals surface area contributed by atoms with Crippen molar-refractivity contribution >= 4 is 11.5 Å². The Morgan fingerprint density at radius 3 is 2.53 bits per heavy atom. The van der Waals surface area contributed by atoms with Crippen molar-refractivity contribution in [2.45, 2.75) is 38.3 Å². The summed E-state index contributed by atoms with van der Waals surface area (Å²) in [6, 6.07) is 0. The lowest BCUT2D eigenvalue weighted by atomic mass is 10.2. The summed E-state index contributed by atoms with van der Waals surface area (Å²) in [6.07, 6.45) is 2.32. The number of nitrogens with zero attached hydrogens (tertiary/aromatic N) is 2. The van der Waals surface area contributed by atoms with E-state index in [1.54, 1.807) is 0 Å². The van der Waals surface area contributed by atoms with E-state index >= 15 is 0 Å². The summed E-state index contributed by atoms with van der Waals surface area (Å²) < 4.78 is 2.43. The summed E-state index contributed by atoms with van der Waals surface area (Å²) >= 11 is 0. The van der Waals surface area contributed by atoms with Gasteiger partial charge in [0, 0.05) is 13.6 Å². The van der Waals surface area contributed by atoms with Crippen LogP contribution in [0.3, 0.4) is 0 Å². The highest BCUT2D eigenvalue weighted by Crippen LogP contribution is 2.38. The van der Waals surface area contributed by atoms with Crippen LogP contribution in [-0.2, 0) is 13.6 Å². The molecule has 1 aliphatic carbocycles. The quantitative estimate of drug-likeness (QED) is 0.666. The van der Waals surface area contributed by atoms with E-state index in [0.717, 1.165) is 23.8 Å². The third-order valence-corrected chi connectivity index (χ3v) is 3.58. The predicted octanol–water partition coefficient (Wildman–Crippen LogP) is -0.524. The number of aliphatic hydroxyl groups is 1. The molecule has 19 heavy (non-hydrogen) atoms. The van der Waals surface area contributed by atoms with Gasteiger partial charge in [-0.15, -0.1) is 0 Å². The lowest BCUT2D eigenvalue weighted by molar-refractivity contribution is 0.266. The van der Waals surface area contributed by atoms with Crippen molar-refractivity contribution < 1.29 is 5.11 Å². The van der Waals surface area contributed by atoms with Gasteiger partial charge in [0.05, 0.1) is 12.1 Å². The third-order valence-electron chi connectivity index (χ3n) is 3.58. The standard InChI is InChI=1S/C12H20N4O3/c1-3-6-16-9(13)8(10(18)15(2)11(16)19)14-12(7-17)4-5-12/h14,17H,3-7,13H2,1-2H3. The first-order valence-electron chi connectivity index (χ1n) is 6.44. The minimum absolute atomic E-state index is 0.0531. The van der Waals surface area contributed by atoms with Crippen LogP contribution < -0.4 is 22.3 Å². The molecule has 0 saturated heterocycles. The molecule has 7 heteroatoms. The van der Waals surface area contributed by atoms with Gasteiger partial charge < -0.3 is 16.2 Å². The molecule has 0 spiro atoms. The SMILES string of the molecule is CCCn1c(N)c(NC2(CO)CC2)c(=O)n(C)c1=O. The number of aromatic nitrogens is 2. The van der Waals surface area contributed by atoms with E-state index < -0.39 is 16.8 Å². The molecule has 0 bridgehead atoms. The predicted molar refractivity (Wildman–Crippen MR) is 73.3 cm³/mol. The molecule has 106 valence electrons. The van der Waals surface area contributed by atoms with E-state index in [0.29, 0.717) is 6.54 Å². The van der Waals surface area contributed by atoms with E-state index in [-0.39, 0.29) is 18.1 Å². The Bertz CT molecular complexity index is 598. The van der Waals surface area contributed by atoms with Crippen LogP contribution in [0, 0.1) is 0 Å². The van der Waals surface area contributed by atoms with E-state index in [2.05, 4.69) is 5.32 Å². The van der Waals surface area contributed by atoms with Crippen LogP contribution in [0.2, 0.25) is 0 Å². The largest absolute Gasteiger partial charge is 0.394 e. The van der Waals surface area contributed by atoms with Gasteiger partial charge >= 0.3 is 5.69 Å². The highest BCUT2D eigenvalue weighted by molar-refractivity contribution is 5.62. The number of hydrogen-bond donors (Lipinski definition) is 3. The van der Waals surface area contributed by atoms with Gasteiger partial charge in [-0.25, -0.2) is 4.79 Å². The first-order chi connectivity index (χ1) is 8.95. The van der Waals surface area contributed by atoms with Gasteiger partial charge in [-0.05, 0) is 19.3 Å². The Morgan fingerprint density at radius 2 is 2.05 bits per heavy atom. The maximum atomic E-state index is 12.1. The minimum Gasteiger partial charge on any atom is -0.394 e. The van der Waals surface area contributed by atoms with Gasteiger partial charge in [0.15, 0.2) is 0 Å². The topological polar surface area (TPSA) is 102 Å². The molecule has 4 N–H and O–H groups in total. The van der Waals surface area contributed by atoms with Crippen LogP contribution in [0.1, 0.15) is 26.2 Å². The number of nitrogen functional groups attached to an aromatic ring is 1. The number of anilines is 2. The summed E-state index contributed by atoms with van der Waals surface area (Å²) in [5.74, 6) is 0.148. The number of nitrogens with two attached hydrogens (primary N) is 1. The second-order valence-electron chi connectivity index (χ2n) is 5.12. The highest BCUT2D eigenvalue weighted by Gasteiger charge is 2.43. The molecule has 0 aromatic carbocycles. The summed E-state index contributed by atoms with van der Waals surface area (Å²) in [7, 11) is 1.43. The molecule has 1 heterocycles. The molecular formula is C12H20N4O3. The van der Waals surface area contributed by atoms with Gasteiger partial charge in [0.25, 0.3) is 5.56 Å². The molecule has 1 aliphatic rings. The molecule has 1 fully saturated rings. The number of aliphatic hydroxyl groups excluding tert-OH is 1. The van der Waals surface area contributed by atoms with Crippen LogP contribution in [-0.4, -0.2) is 26.4 Å². The van der Waals surface area contributed by atoms with Crippen molar-refractivity contribution in [3.05, 3.63) is 20.8 Å². The van der Waals surface area contributed by atoms with Gasteiger partial charge in [0.2, 0.25) is 0 Å². The zero-order valence-electron chi connectivity index (χ0n) is 11.3. The molecule has 1 saturated carbocycles. The van der Waals surface area contributed by atoms with E-state index in [1.807, 2.05) is 6.92 Å². The van der Waals surface area contributed by atoms with Gasteiger partial charge in [-0.1, -0.05) is 6.92 Å². The Morgan fingerprint density at radius 1 is 1.42 bits per heavy atom. The van der Waals surface area contributed by atoms with E-state index in [1.165, 1.54) is 11.6 Å². The summed E-state index contributed by atoms with van der Waals surface area (Å²) in [5.41, 5.74) is 4.83. The van der Waals surface area contributed by atoms with Crippen molar-refractivity contribution in [1.29, 1.82) is 0 Å². The molecule has 0 amide bonds. The van der Waals surface area contributed by atoms with Crippen molar-refractivity contribution in [2.24, 2.45) is 7.05 Å². The maximum absolute atomic E-state index is 12.1. The number of hydrogen-bond acceptors (Lipinski definition) is 5. The fourth-order valence-corrected chi connectivity index (χ4v) is 2.08. The van der Waals surface area contributed by atoms with Crippen molar-refractivity contribution in [3.63, 3.8) is 0 Å². The lowest BCUT2D eigenvalue weighted by Crippen LogP contribution is -2.42. The first kappa shape index (κ1) is 13.7. The van der Waals surface area contributed by atoms with Crippen LogP contribution in [0.25, 0.3) is 0 Å². The second-order valence-corrected chi connectivity index (χ2v) is 5.12. The highest BCUT2D eigenvalue weighted by atomic mass is 16.3. The minimum atomic E-state index is -0.450. The molecule has 0 aliphatic heterocycles. The van der Waals surface area contributed by atoms with Gasteiger partial charge in [-0.3, -0.25) is 13.9 Å². The molecule has 0 radical (unpaired) electrons. The Labute approximate surface area is 110 Å². The molecule has 0 atom stereocenters. The Hall–Kier alpha value is -1.76. The average Bonchev–Trinajstić information content (AvgIpc) is 3.18. The monoisotopic (exact) mass is 268 g/mol. The molecule has 7 nitrogen and oxygen atoms in total. The molecule has 0 unspecified atom stereocenters. The molecular weight excluding hydrogens is 248 g/mol. The van der Waals surface area contributed by atoms with Crippen molar-refractivity contribution in [3.8, 4) is 0 Å². The molecule has 1 aromatic heterocycles.